The van der Waals surface area contributed by atoms with Crippen LogP contribution < -0.4 is 5.01 Å². The molecule has 1 unspecified atom stereocenters. The zero-order chi connectivity index (χ0) is 17.8. The minimum absolute atomic E-state index is 0.0970. The average Bonchev–Trinajstić information content (AvgIpc) is 3.20. The van der Waals surface area contributed by atoms with Crippen LogP contribution in [0.5, 0.6) is 0 Å². The number of rotatable bonds is 6. The van der Waals surface area contributed by atoms with Gasteiger partial charge in [0.25, 0.3) is 5.95 Å². The lowest BCUT2D eigenvalue weighted by molar-refractivity contribution is 0.598. The van der Waals surface area contributed by atoms with Crippen LogP contribution in [0.15, 0.2) is 28.4 Å². The second kappa shape index (κ2) is 7.49. The van der Waals surface area contributed by atoms with Crippen molar-refractivity contribution in [1.29, 1.82) is 0 Å². The number of aryl methyl sites for hydroxylation is 1. The van der Waals surface area contributed by atoms with Crippen LogP contribution in [0, 0.1) is 18.6 Å². The van der Waals surface area contributed by atoms with Crippen molar-refractivity contribution in [2.75, 3.05) is 11.6 Å². The molecular weight excluding hydrogens is 350 g/mol. The van der Waals surface area contributed by atoms with Gasteiger partial charge in [0, 0.05) is 17.0 Å². The fraction of sp³-hybridized carbons (Fsp3) is 0.357. The van der Waals surface area contributed by atoms with E-state index < -0.39 is 11.6 Å². The summed E-state index contributed by atoms with van der Waals surface area (Å²) >= 11 is 1.30. The standard InChI is InChI=1S/C14H14F2N8S/c1-8-19-14(21-20-8)24-12(3-2-6-18-23-17)25-13(22-24)10-7-9(15)4-5-11(10)16/h4-5,7,12H,2-3,6H2,1H3,(H,19,20,21). The first kappa shape index (κ1) is 17.2. The van der Waals surface area contributed by atoms with Crippen molar-refractivity contribution in [3.8, 4) is 0 Å². The highest BCUT2D eigenvalue weighted by molar-refractivity contribution is 8.15. The quantitative estimate of drug-likeness (QED) is 0.365. The second-order valence-corrected chi connectivity index (χ2v) is 6.43. The molecule has 2 aromatic rings. The molecule has 1 N–H and O–H groups in total. The Morgan fingerprint density at radius 2 is 2.28 bits per heavy atom. The molecule has 0 bridgehead atoms. The third-order valence-corrected chi connectivity index (χ3v) is 4.67. The van der Waals surface area contributed by atoms with Crippen LogP contribution in [-0.4, -0.2) is 32.1 Å². The van der Waals surface area contributed by atoms with Crippen molar-refractivity contribution in [1.82, 2.24) is 15.2 Å². The van der Waals surface area contributed by atoms with Gasteiger partial charge in [-0.2, -0.15) is 10.1 Å². The summed E-state index contributed by atoms with van der Waals surface area (Å²) in [6.07, 6.45) is 1.23. The molecule has 0 aliphatic carbocycles. The van der Waals surface area contributed by atoms with Gasteiger partial charge in [-0.15, -0.1) is 5.10 Å². The van der Waals surface area contributed by atoms with Crippen molar-refractivity contribution in [2.24, 2.45) is 10.2 Å². The number of H-pyrrole nitrogens is 1. The summed E-state index contributed by atoms with van der Waals surface area (Å²) < 4.78 is 27.6. The Kier molecular flexibility index (Phi) is 5.15. The predicted molar refractivity (Wildman–Crippen MR) is 91.1 cm³/mol. The van der Waals surface area contributed by atoms with Crippen LogP contribution in [0.2, 0.25) is 0 Å². The molecule has 25 heavy (non-hydrogen) atoms. The summed E-state index contributed by atoms with van der Waals surface area (Å²) in [5.41, 5.74) is 8.45. The Hall–Kier alpha value is -2.65. The molecule has 0 saturated heterocycles. The van der Waals surface area contributed by atoms with Crippen molar-refractivity contribution in [3.05, 3.63) is 51.7 Å². The normalized spacial score (nSPS) is 16.7. The molecule has 0 spiro atoms. The molecule has 8 nitrogen and oxygen atoms in total. The van der Waals surface area contributed by atoms with E-state index in [1.54, 1.807) is 11.9 Å². The van der Waals surface area contributed by atoms with Crippen molar-refractivity contribution >= 4 is 22.8 Å². The van der Waals surface area contributed by atoms with Gasteiger partial charge in [0.2, 0.25) is 0 Å². The summed E-state index contributed by atoms with van der Waals surface area (Å²) in [6.45, 7) is 2.10. The van der Waals surface area contributed by atoms with E-state index in [4.69, 9.17) is 5.53 Å². The molecule has 1 aromatic heterocycles. The fourth-order valence-electron chi connectivity index (χ4n) is 2.31. The summed E-state index contributed by atoms with van der Waals surface area (Å²) in [4.78, 5) is 6.96. The zero-order valence-electron chi connectivity index (χ0n) is 13.2. The maximum absolute atomic E-state index is 14.1. The predicted octanol–water partition coefficient (Wildman–Crippen LogP) is 3.72. The van der Waals surface area contributed by atoms with E-state index in [-0.39, 0.29) is 10.9 Å². The van der Waals surface area contributed by atoms with Crippen LogP contribution >= 0.6 is 11.8 Å². The zero-order valence-corrected chi connectivity index (χ0v) is 14.0. The first-order valence-corrected chi connectivity index (χ1v) is 8.36. The second-order valence-electron chi connectivity index (χ2n) is 5.26. The molecule has 3 rings (SSSR count). The molecule has 0 radical (unpaired) electrons. The largest absolute Gasteiger partial charge is 0.266 e. The van der Waals surface area contributed by atoms with Gasteiger partial charge in [0.05, 0.1) is 0 Å². The summed E-state index contributed by atoms with van der Waals surface area (Å²) in [5.74, 6) is -0.112. The Labute approximate surface area is 146 Å². The number of benzene rings is 1. The van der Waals surface area contributed by atoms with E-state index in [0.717, 1.165) is 18.2 Å². The lowest BCUT2D eigenvalue weighted by Crippen LogP contribution is -2.25. The van der Waals surface area contributed by atoms with Gasteiger partial charge in [0.1, 0.15) is 27.9 Å². The average molecular weight is 364 g/mol. The topological polar surface area (TPSA) is 106 Å². The number of hydrogen-bond donors (Lipinski definition) is 1. The third kappa shape index (κ3) is 3.89. The van der Waals surface area contributed by atoms with E-state index in [0.29, 0.717) is 36.2 Å². The summed E-state index contributed by atoms with van der Waals surface area (Å²) in [7, 11) is 0. The number of thioether (sulfide) groups is 1. The van der Waals surface area contributed by atoms with Gasteiger partial charge < -0.3 is 0 Å². The van der Waals surface area contributed by atoms with E-state index in [1.165, 1.54) is 11.8 Å². The monoisotopic (exact) mass is 364 g/mol. The van der Waals surface area contributed by atoms with E-state index >= 15 is 0 Å². The minimum Gasteiger partial charge on any atom is -0.261 e. The number of anilines is 1. The lowest BCUT2D eigenvalue weighted by Gasteiger charge is -2.18. The molecule has 1 aromatic carbocycles. The number of hydrazone groups is 1. The van der Waals surface area contributed by atoms with Crippen LogP contribution in [0.4, 0.5) is 14.7 Å². The number of aromatic amines is 1. The number of nitrogens with zero attached hydrogens (tertiary/aromatic N) is 7. The van der Waals surface area contributed by atoms with E-state index in [9.17, 15) is 8.78 Å². The number of nitrogens with one attached hydrogen (secondary N) is 1. The lowest BCUT2D eigenvalue weighted by atomic mass is 10.2. The third-order valence-electron chi connectivity index (χ3n) is 3.44. The minimum atomic E-state index is -0.548. The Morgan fingerprint density at radius 1 is 1.44 bits per heavy atom. The number of halogens is 2. The van der Waals surface area contributed by atoms with Gasteiger partial charge in [-0.25, -0.2) is 13.8 Å². The Morgan fingerprint density at radius 3 is 3.00 bits per heavy atom. The Bertz CT molecular complexity index is 845. The maximum Gasteiger partial charge on any atom is 0.266 e. The first-order chi connectivity index (χ1) is 12.1. The van der Waals surface area contributed by atoms with Gasteiger partial charge in [-0.05, 0) is 43.5 Å². The van der Waals surface area contributed by atoms with Crippen LogP contribution in [-0.2, 0) is 0 Å². The molecule has 0 saturated carbocycles. The highest BCUT2D eigenvalue weighted by Crippen LogP contribution is 2.35. The number of aromatic nitrogens is 3. The van der Waals surface area contributed by atoms with Gasteiger partial charge in [-0.3, -0.25) is 5.10 Å². The molecule has 1 aliphatic heterocycles. The Balaban J connectivity index is 1.87. The van der Waals surface area contributed by atoms with Crippen LogP contribution in [0.25, 0.3) is 10.4 Å². The molecule has 1 atom stereocenters. The maximum atomic E-state index is 14.1. The molecule has 11 heteroatoms. The van der Waals surface area contributed by atoms with Gasteiger partial charge in [-0.1, -0.05) is 16.9 Å². The highest BCUT2D eigenvalue weighted by Gasteiger charge is 2.32. The van der Waals surface area contributed by atoms with E-state index in [2.05, 4.69) is 30.3 Å². The van der Waals surface area contributed by atoms with Gasteiger partial charge in [0.15, 0.2) is 0 Å². The number of azide groups is 1. The number of hydrogen-bond acceptors (Lipinski definition) is 6. The van der Waals surface area contributed by atoms with Crippen molar-refractivity contribution in [3.63, 3.8) is 0 Å². The van der Waals surface area contributed by atoms with Crippen LogP contribution in [0.1, 0.15) is 24.2 Å². The smallest absolute Gasteiger partial charge is 0.261 e. The van der Waals surface area contributed by atoms with Gasteiger partial charge >= 0.3 is 0 Å². The van der Waals surface area contributed by atoms with Crippen LogP contribution in [0.3, 0.4) is 0 Å². The molecule has 130 valence electrons. The fourth-order valence-corrected chi connectivity index (χ4v) is 3.51. The molecule has 1 aliphatic rings. The summed E-state index contributed by atoms with van der Waals surface area (Å²) in [5, 5.41) is 16.4. The molecular formula is C14H14F2N8S. The summed E-state index contributed by atoms with van der Waals surface area (Å²) in [6, 6.07) is 3.25. The van der Waals surface area contributed by atoms with Crippen molar-refractivity contribution < 1.29 is 8.78 Å². The SMILES string of the molecule is Cc1nc(N2N=C(c3cc(F)ccc3F)SC2CCCN=[N+]=[N-])n[nH]1. The molecule has 0 amide bonds. The van der Waals surface area contributed by atoms with Crippen molar-refractivity contribution in [2.45, 2.75) is 25.1 Å². The molecule has 2 heterocycles. The van der Waals surface area contributed by atoms with E-state index in [1.807, 2.05) is 0 Å². The first-order valence-electron chi connectivity index (χ1n) is 7.48. The molecule has 0 fully saturated rings. The highest BCUT2D eigenvalue weighted by atomic mass is 32.2.